The fraction of sp³-hybridized carbons (Fsp3) is 0. The standard InChI is InChI=1S/C36H21BrN2O/c37-29-13-8-16-33-34(29)28-21-23(17-20-32(28)40-33)39-31-15-7-5-12-25(31)27-19-18-26-24-11-4-6-14-30(24)38(35(26)36(27)39)22-9-2-1-3-10-22/h1-21H. The Morgan fingerprint density at radius 3 is 1.77 bits per heavy atom. The molecule has 0 bridgehead atoms. The summed E-state index contributed by atoms with van der Waals surface area (Å²) in [7, 11) is 0. The van der Waals surface area contributed by atoms with E-state index in [-0.39, 0.29) is 0 Å². The summed E-state index contributed by atoms with van der Waals surface area (Å²) in [6.45, 7) is 0. The molecule has 0 unspecified atom stereocenters. The molecule has 6 aromatic carbocycles. The second kappa shape index (κ2) is 8.10. The number of halogens is 1. The summed E-state index contributed by atoms with van der Waals surface area (Å²) in [5, 5.41) is 7.17. The van der Waals surface area contributed by atoms with E-state index in [1.807, 2.05) is 12.1 Å². The van der Waals surface area contributed by atoms with E-state index < -0.39 is 0 Å². The van der Waals surface area contributed by atoms with E-state index in [0.29, 0.717) is 0 Å². The number of para-hydroxylation sites is 3. The predicted octanol–water partition coefficient (Wildman–Crippen LogP) is 10.5. The molecule has 0 spiro atoms. The molecule has 0 aliphatic carbocycles. The van der Waals surface area contributed by atoms with Crippen LogP contribution in [0.5, 0.6) is 0 Å². The Morgan fingerprint density at radius 2 is 1.07 bits per heavy atom. The first-order chi connectivity index (χ1) is 19.8. The average molecular weight is 577 g/mol. The van der Waals surface area contributed by atoms with Gasteiger partial charge in [-0.1, -0.05) is 88.7 Å². The molecule has 9 rings (SSSR count). The molecule has 0 atom stereocenters. The molecule has 0 amide bonds. The Bertz CT molecular complexity index is 2440. The van der Waals surface area contributed by atoms with Crippen molar-refractivity contribution in [3.63, 3.8) is 0 Å². The van der Waals surface area contributed by atoms with Crippen LogP contribution in [0.4, 0.5) is 0 Å². The van der Waals surface area contributed by atoms with Gasteiger partial charge in [0.2, 0.25) is 0 Å². The van der Waals surface area contributed by atoms with Crippen molar-refractivity contribution in [3.8, 4) is 11.4 Å². The van der Waals surface area contributed by atoms with Gasteiger partial charge < -0.3 is 13.6 Å². The number of hydrogen-bond donors (Lipinski definition) is 0. The van der Waals surface area contributed by atoms with Crippen LogP contribution in [0.2, 0.25) is 0 Å². The van der Waals surface area contributed by atoms with Crippen LogP contribution in [0.1, 0.15) is 0 Å². The second-order valence-corrected chi connectivity index (χ2v) is 11.1. The Labute approximate surface area is 237 Å². The lowest BCUT2D eigenvalue weighted by atomic mass is 10.1. The molecule has 4 heteroatoms. The second-order valence-electron chi connectivity index (χ2n) is 10.3. The third-order valence-electron chi connectivity index (χ3n) is 8.17. The van der Waals surface area contributed by atoms with Gasteiger partial charge in [-0.05, 0) is 54.6 Å². The van der Waals surface area contributed by atoms with Crippen LogP contribution in [-0.2, 0) is 0 Å². The fourth-order valence-corrected chi connectivity index (χ4v) is 7.09. The molecule has 3 aromatic heterocycles. The predicted molar refractivity (Wildman–Crippen MR) is 170 cm³/mol. The number of fused-ring (bicyclic) bond motifs is 10. The molecular weight excluding hydrogens is 556 g/mol. The highest BCUT2D eigenvalue weighted by Gasteiger charge is 2.21. The first-order valence-electron chi connectivity index (χ1n) is 13.4. The Morgan fingerprint density at radius 1 is 0.450 bits per heavy atom. The summed E-state index contributed by atoms with van der Waals surface area (Å²) < 4.78 is 12.1. The molecule has 9 aromatic rings. The van der Waals surface area contributed by atoms with Crippen molar-refractivity contribution in [2.45, 2.75) is 0 Å². The van der Waals surface area contributed by atoms with Gasteiger partial charge in [0, 0.05) is 48.2 Å². The third kappa shape index (κ3) is 2.89. The molecule has 0 saturated heterocycles. The first-order valence-corrected chi connectivity index (χ1v) is 14.2. The van der Waals surface area contributed by atoms with Crippen LogP contribution < -0.4 is 0 Å². The van der Waals surface area contributed by atoms with Gasteiger partial charge in [-0.25, -0.2) is 0 Å². The van der Waals surface area contributed by atoms with Gasteiger partial charge in [0.25, 0.3) is 0 Å². The lowest BCUT2D eigenvalue weighted by molar-refractivity contribution is 0.669. The van der Waals surface area contributed by atoms with E-state index in [9.17, 15) is 0 Å². The average Bonchev–Trinajstić information content (AvgIpc) is 3.65. The molecule has 0 aliphatic rings. The number of benzene rings is 6. The number of nitrogens with zero attached hydrogens (tertiary/aromatic N) is 2. The fourth-order valence-electron chi connectivity index (χ4n) is 6.52. The van der Waals surface area contributed by atoms with Gasteiger partial charge in [0.1, 0.15) is 11.2 Å². The van der Waals surface area contributed by atoms with Gasteiger partial charge in [-0.3, -0.25) is 0 Å². The maximum atomic E-state index is 6.22. The minimum absolute atomic E-state index is 0.884. The number of furan rings is 1. The van der Waals surface area contributed by atoms with E-state index >= 15 is 0 Å². The summed E-state index contributed by atoms with van der Waals surface area (Å²) in [6.07, 6.45) is 0. The normalized spacial score (nSPS) is 12.1. The largest absolute Gasteiger partial charge is 0.456 e. The highest BCUT2D eigenvalue weighted by Crippen LogP contribution is 2.42. The summed E-state index contributed by atoms with van der Waals surface area (Å²) in [5.74, 6) is 0. The number of rotatable bonds is 2. The van der Waals surface area contributed by atoms with Crippen molar-refractivity contribution in [2.24, 2.45) is 0 Å². The van der Waals surface area contributed by atoms with Crippen LogP contribution in [0.3, 0.4) is 0 Å². The van der Waals surface area contributed by atoms with Crippen molar-refractivity contribution in [1.29, 1.82) is 0 Å². The molecule has 0 saturated carbocycles. The van der Waals surface area contributed by atoms with E-state index in [2.05, 4.69) is 140 Å². The lowest BCUT2D eigenvalue weighted by Gasteiger charge is -2.12. The zero-order valence-electron chi connectivity index (χ0n) is 21.3. The maximum Gasteiger partial charge on any atom is 0.136 e. The SMILES string of the molecule is Brc1cccc2oc3ccc(-n4c5ccccc5c5ccc6c7ccccc7n(-c7ccccc7)c6c54)cc3c12. The quantitative estimate of drug-likeness (QED) is 0.200. The monoisotopic (exact) mass is 576 g/mol. The van der Waals surface area contributed by atoms with Crippen molar-refractivity contribution < 1.29 is 4.42 Å². The van der Waals surface area contributed by atoms with Crippen LogP contribution in [0, 0.1) is 0 Å². The summed E-state index contributed by atoms with van der Waals surface area (Å²) in [5.41, 5.74) is 8.82. The van der Waals surface area contributed by atoms with E-state index in [0.717, 1.165) is 37.8 Å². The number of hydrogen-bond acceptors (Lipinski definition) is 1. The van der Waals surface area contributed by atoms with Crippen LogP contribution in [-0.4, -0.2) is 9.13 Å². The molecule has 0 fully saturated rings. The van der Waals surface area contributed by atoms with Gasteiger partial charge >= 0.3 is 0 Å². The summed E-state index contributed by atoms with van der Waals surface area (Å²) >= 11 is 3.77. The van der Waals surface area contributed by atoms with Crippen molar-refractivity contribution in [2.75, 3.05) is 0 Å². The van der Waals surface area contributed by atoms with Crippen molar-refractivity contribution >= 4 is 81.5 Å². The smallest absolute Gasteiger partial charge is 0.136 e. The summed E-state index contributed by atoms with van der Waals surface area (Å²) in [4.78, 5) is 0. The van der Waals surface area contributed by atoms with Crippen LogP contribution in [0.15, 0.2) is 136 Å². The van der Waals surface area contributed by atoms with E-state index in [4.69, 9.17) is 4.42 Å². The van der Waals surface area contributed by atoms with Crippen LogP contribution >= 0.6 is 15.9 Å². The van der Waals surface area contributed by atoms with Gasteiger partial charge in [0.15, 0.2) is 0 Å². The van der Waals surface area contributed by atoms with E-state index in [1.165, 1.54) is 43.6 Å². The highest BCUT2D eigenvalue weighted by atomic mass is 79.9. The van der Waals surface area contributed by atoms with Crippen LogP contribution in [0.25, 0.3) is 76.9 Å². The topological polar surface area (TPSA) is 23.0 Å². The van der Waals surface area contributed by atoms with Crippen molar-refractivity contribution in [3.05, 3.63) is 132 Å². The molecule has 3 nitrogen and oxygen atoms in total. The molecule has 0 aliphatic heterocycles. The minimum Gasteiger partial charge on any atom is -0.456 e. The van der Waals surface area contributed by atoms with E-state index in [1.54, 1.807) is 0 Å². The molecule has 188 valence electrons. The maximum absolute atomic E-state index is 6.22. The highest BCUT2D eigenvalue weighted by molar-refractivity contribution is 9.10. The van der Waals surface area contributed by atoms with Gasteiger partial charge in [-0.2, -0.15) is 0 Å². The molecule has 3 heterocycles. The molecular formula is C36H21BrN2O. The minimum atomic E-state index is 0.884. The molecule has 40 heavy (non-hydrogen) atoms. The zero-order chi connectivity index (χ0) is 26.4. The number of aromatic nitrogens is 2. The summed E-state index contributed by atoms with van der Waals surface area (Å²) in [6, 6.07) is 45.4. The Kier molecular flexibility index (Phi) is 4.47. The molecule has 0 N–H and O–H groups in total. The lowest BCUT2D eigenvalue weighted by Crippen LogP contribution is -1.98. The Hall–Kier alpha value is -4.80. The first kappa shape index (κ1) is 22.1. The zero-order valence-corrected chi connectivity index (χ0v) is 22.9. The Balaban J connectivity index is 1.51. The van der Waals surface area contributed by atoms with Crippen molar-refractivity contribution in [1.82, 2.24) is 9.13 Å². The van der Waals surface area contributed by atoms with Gasteiger partial charge in [0.05, 0.1) is 22.1 Å². The van der Waals surface area contributed by atoms with Gasteiger partial charge in [-0.15, -0.1) is 0 Å². The molecule has 0 radical (unpaired) electrons. The third-order valence-corrected chi connectivity index (χ3v) is 8.83.